The van der Waals surface area contributed by atoms with Crippen LogP contribution in [-0.4, -0.2) is 19.9 Å². The Morgan fingerprint density at radius 3 is 2.42 bits per heavy atom. The van der Waals surface area contributed by atoms with E-state index < -0.39 is 5.60 Å². The largest absolute Gasteiger partial charge is 0.437 e. The second kappa shape index (κ2) is 8.18. The second-order valence-electron chi connectivity index (χ2n) is 9.86. The monoisotopic (exact) mass is 497 g/mol. The molecule has 0 radical (unpaired) electrons. The van der Waals surface area contributed by atoms with Crippen LogP contribution in [0.1, 0.15) is 45.5 Å². The molecule has 0 amide bonds. The number of fused-ring (bicyclic) bond motifs is 3. The Labute approximate surface area is 221 Å². The van der Waals surface area contributed by atoms with Crippen molar-refractivity contribution >= 4 is 22.4 Å². The predicted molar refractivity (Wildman–Crippen MR) is 149 cm³/mol. The highest BCUT2D eigenvalue weighted by Gasteiger charge is 2.55. The molecule has 0 saturated carbocycles. The van der Waals surface area contributed by atoms with Crippen LogP contribution in [0.2, 0.25) is 0 Å². The summed E-state index contributed by atoms with van der Waals surface area (Å²) in [5, 5.41) is 1.06. The quantitative estimate of drug-likeness (QED) is 0.245. The molecule has 1 aliphatic heterocycles. The van der Waals surface area contributed by atoms with Crippen molar-refractivity contribution in [1.82, 2.24) is 14.0 Å². The minimum absolute atomic E-state index is 0.358. The third-order valence-electron chi connectivity index (χ3n) is 8.00. The number of hydrogen-bond acceptors (Lipinski definition) is 3. The summed E-state index contributed by atoms with van der Waals surface area (Å²) < 4.78 is 11.2. The topological polar surface area (TPSA) is 48.5 Å². The van der Waals surface area contributed by atoms with Crippen LogP contribution in [0.3, 0.4) is 0 Å². The van der Waals surface area contributed by atoms with Crippen LogP contribution in [-0.2, 0) is 16.9 Å². The summed E-state index contributed by atoms with van der Waals surface area (Å²) in [6, 6.07) is 28.6. The predicted octanol–water partition coefficient (Wildman–Crippen LogP) is 7.06. The third-order valence-corrected chi connectivity index (χ3v) is 8.00. The fourth-order valence-electron chi connectivity index (χ4n) is 6.50. The number of aryl methyl sites for hydroxylation is 2. The number of hydrogen-bond donors (Lipinski definition) is 0. The average Bonchev–Trinajstić information content (AvgIpc) is 3.54. The van der Waals surface area contributed by atoms with Crippen LogP contribution in [0.5, 0.6) is 0 Å². The maximum absolute atomic E-state index is 13.7. The summed E-state index contributed by atoms with van der Waals surface area (Å²) in [6.45, 7) is 7.22. The number of aromatic nitrogens is 3. The number of para-hydroxylation sites is 1. The molecule has 5 heterocycles. The molecule has 0 N–H and O–H groups in total. The van der Waals surface area contributed by atoms with E-state index in [0.717, 1.165) is 56.6 Å². The van der Waals surface area contributed by atoms with Crippen molar-refractivity contribution in [3.05, 3.63) is 131 Å². The van der Waals surface area contributed by atoms with Gasteiger partial charge in [-0.05, 0) is 62.2 Å². The molecule has 5 heteroatoms. The van der Waals surface area contributed by atoms with Gasteiger partial charge in [-0.15, -0.1) is 0 Å². The molecule has 0 aliphatic carbocycles. The van der Waals surface area contributed by atoms with Crippen molar-refractivity contribution in [3.8, 4) is 11.1 Å². The summed E-state index contributed by atoms with van der Waals surface area (Å²) in [6.07, 6.45) is 3.82. The SMILES string of the molecule is CCn1c(C)c(C2(c3c(-c4ccccc4)c(C)c4ccccn34)OC(=O)c3cccnc32)c2ccccc21. The van der Waals surface area contributed by atoms with Crippen LogP contribution in [0, 0.1) is 13.8 Å². The first-order valence-corrected chi connectivity index (χ1v) is 13.0. The van der Waals surface area contributed by atoms with Gasteiger partial charge in [0.05, 0.1) is 11.3 Å². The smallest absolute Gasteiger partial charge is 0.341 e. The molecule has 0 fully saturated rings. The normalized spacial score (nSPS) is 16.8. The molecule has 7 rings (SSSR count). The summed E-state index contributed by atoms with van der Waals surface area (Å²) in [5.74, 6) is -0.358. The molecule has 0 spiro atoms. The van der Waals surface area contributed by atoms with E-state index in [0.29, 0.717) is 11.3 Å². The molecule has 5 nitrogen and oxygen atoms in total. The number of benzene rings is 2. The zero-order chi connectivity index (χ0) is 26.0. The molecule has 4 aromatic heterocycles. The lowest BCUT2D eigenvalue weighted by Crippen LogP contribution is -2.33. The Morgan fingerprint density at radius 2 is 1.61 bits per heavy atom. The van der Waals surface area contributed by atoms with E-state index in [9.17, 15) is 4.79 Å². The Bertz CT molecular complexity index is 1880. The molecule has 0 saturated heterocycles. The van der Waals surface area contributed by atoms with Crippen molar-refractivity contribution in [2.24, 2.45) is 0 Å². The molecular formula is C33H27N3O2. The summed E-state index contributed by atoms with van der Waals surface area (Å²) in [5.41, 5.74) is 8.23. The Balaban J connectivity index is 1.74. The highest BCUT2D eigenvalue weighted by atomic mass is 16.6. The fourth-order valence-corrected chi connectivity index (χ4v) is 6.50. The van der Waals surface area contributed by atoms with Gasteiger partial charge in [-0.25, -0.2) is 4.79 Å². The molecule has 38 heavy (non-hydrogen) atoms. The Kier molecular flexibility index (Phi) is 4.86. The minimum Gasteiger partial charge on any atom is -0.437 e. The molecular weight excluding hydrogens is 470 g/mol. The van der Waals surface area contributed by atoms with E-state index in [2.05, 4.69) is 96.6 Å². The van der Waals surface area contributed by atoms with Crippen LogP contribution in [0.25, 0.3) is 27.5 Å². The number of carbonyl (C=O) groups excluding carboxylic acids is 1. The van der Waals surface area contributed by atoms with E-state index in [-0.39, 0.29) is 5.97 Å². The van der Waals surface area contributed by atoms with Gasteiger partial charge in [0, 0.05) is 52.2 Å². The molecule has 0 bridgehead atoms. The number of nitrogens with zero attached hydrogens (tertiary/aromatic N) is 3. The maximum atomic E-state index is 13.7. The van der Waals surface area contributed by atoms with Gasteiger partial charge in [0.25, 0.3) is 0 Å². The second-order valence-corrected chi connectivity index (χ2v) is 9.86. The van der Waals surface area contributed by atoms with Gasteiger partial charge in [0.1, 0.15) is 5.69 Å². The first kappa shape index (κ1) is 22.5. The van der Waals surface area contributed by atoms with Crippen LogP contribution in [0.4, 0.5) is 0 Å². The number of carbonyl (C=O) groups is 1. The zero-order valence-corrected chi connectivity index (χ0v) is 21.6. The third kappa shape index (κ3) is 2.81. The lowest BCUT2D eigenvalue weighted by molar-refractivity contribution is 0.0232. The lowest BCUT2D eigenvalue weighted by Gasteiger charge is -2.31. The Morgan fingerprint density at radius 1 is 0.868 bits per heavy atom. The van der Waals surface area contributed by atoms with E-state index >= 15 is 0 Å². The van der Waals surface area contributed by atoms with Gasteiger partial charge < -0.3 is 13.7 Å². The fraction of sp³-hybridized carbons (Fsp3) is 0.152. The number of pyridine rings is 2. The van der Waals surface area contributed by atoms with Crippen LogP contribution < -0.4 is 0 Å². The summed E-state index contributed by atoms with van der Waals surface area (Å²) in [4.78, 5) is 18.5. The molecule has 6 aromatic rings. The van der Waals surface area contributed by atoms with E-state index in [1.54, 1.807) is 12.3 Å². The zero-order valence-electron chi connectivity index (χ0n) is 21.6. The highest BCUT2D eigenvalue weighted by Crippen LogP contribution is 2.53. The molecule has 1 aliphatic rings. The van der Waals surface area contributed by atoms with Crippen molar-refractivity contribution in [1.29, 1.82) is 0 Å². The highest BCUT2D eigenvalue weighted by molar-refractivity contribution is 5.99. The van der Waals surface area contributed by atoms with Crippen molar-refractivity contribution in [2.45, 2.75) is 32.9 Å². The van der Waals surface area contributed by atoms with Gasteiger partial charge >= 0.3 is 5.97 Å². The maximum Gasteiger partial charge on any atom is 0.341 e. The van der Waals surface area contributed by atoms with Crippen LogP contribution >= 0.6 is 0 Å². The minimum atomic E-state index is -1.25. The molecule has 1 unspecified atom stereocenters. The van der Waals surface area contributed by atoms with E-state index in [1.165, 1.54) is 0 Å². The molecule has 186 valence electrons. The first-order chi connectivity index (χ1) is 18.6. The summed E-state index contributed by atoms with van der Waals surface area (Å²) >= 11 is 0. The number of rotatable bonds is 4. The van der Waals surface area contributed by atoms with Crippen LogP contribution in [0.15, 0.2) is 97.3 Å². The summed E-state index contributed by atoms with van der Waals surface area (Å²) in [7, 11) is 0. The van der Waals surface area contributed by atoms with Gasteiger partial charge in [-0.3, -0.25) is 4.98 Å². The number of esters is 1. The average molecular weight is 498 g/mol. The first-order valence-electron chi connectivity index (χ1n) is 13.0. The van der Waals surface area contributed by atoms with Gasteiger partial charge in [-0.1, -0.05) is 54.6 Å². The van der Waals surface area contributed by atoms with E-state index in [1.807, 2.05) is 18.2 Å². The lowest BCUT2D eigenvalue weighted by atomic mass is 9.81. The van der Waals surface area contributed by atoms with Gasteiger partial charge in [0.15, 0.2) is 0 Å². The van der Waals surface area contributed by atoms with Gasteiger partial charge in [0.2, 0.25) is 5.60 Å². The van der Waals surface area contributed by atoms with Gasteiger partial charge in [-0.2, -0.15) is 0 Å². The van der Waals surface area contributed by atoms with Crippen molar-refractivity contribution < 1.29 is 9.53 Å². The molecule has 1 atom stereocenters. The van der Waals surface area contributed by atoms with Crippen molar-refractivity contribution in [3.63, 3.8) is 0 Å². The van der Waals surface area contributed by atoms with Crippen molar-refractivity contribution in [2.75, 3.05) is 0 Å². The number of cyclic esters (lactones) is 1. The van der Waals surface area contributed by atoms with E-state index in [4.69, 9.17) is 9.72 Å². The molecule has 2 aromatic carbocycles. The Hall–Kier alpha value is -4.64. The standard InChI is InChI=1S/C33H27N3O2/c1-4-35-22(3)29(24-15-8-9-18-27(24)35)33(30-25(32(37)38-33)16-12-19-34-30)31-28(23-13-6-5-7-14-23)21(2)26-17-10-11-20-36(26)31/h5-20H,4H2,1-3H3. The number of ether oxygens (including phenoxy) is 1.